The molecule has 7 nitrogen and oxygen atoms in total. The van der Waals surface area contributed by atoms with Gasteiger partial charge in [-0.2, -0.15) is 5.10 Å². The lowest BCUT2D eigenvalue weighted by molar-refractivity contribution is 0.251. The van der Waals surface area contributed by atoms with Crippen LogP contribution in [0.5, 0.6) is 0 Å². The van der Waals surface area contributed by atoms with E-state index in [4.69, 9.17) is 0 Å². The van der Waals surface area contributed by atoms with Crippen LogP contribution in [0.2, 0.25) is 0 Å². The van der Waals surface area contributed by atoms with Crippen molar-refractivity contribution in [2.45, 2.75) is 46.1 Å². The highest BCUT2D eigenvalue weighted by Gasteiger charge is 2.12. The molecule has 2 aromatic rings. The summed E-state index contributed by atoms with van der Waals surface area (Å²) in [5, 5.41) is 12.6. The van der Waals surface area contributed by atoms with E-state index in [0.717, 1.165) is 41.5 Å². The molecular formula is C18H26N6O. The number of hydrogen-bond acceptors (Lipinski definition) is 4. The molecule has 1 aliphatic heterocycles. The number of pyridine rings is 1. The second kappa shape index (κ2) is 8.00. The molecule has 25 heavy (non-hydrogen) atoms. The van der Waals surface area contributed by atoms with Gasteiger partial charge in [-0.05, 0) is 38.3 Å². The highest BCUT2D eigenvalue weighted by Crippen LogP contribution is 2.18. The van der Waals surface area contributed by atoms with Gasteiger partial charge >= 0.3 is 6.03 Å². The minimum Gasteiger partial charge on any atom is -0.357 e. The van der Waals surface area contributed by atoms with Crippen LogP contribution in [-0.2, 0) is 6.54 Å². The van der Waals surface area contributed by atoms with Gasteiger partial charge in [0.15, 0.2) is 0 Å². The SMILES string of the molecule is Cc1n[nH]c(C)c1NC(=O)NCc1ccc(N2CCCCCC2)nc1. The number of H-pyrrole nitrogens is 1. The Morgan fingerprint density at radius 2 is 1.96 bits per heavy atom. The molecule has 1 fully saturated rings. The maximum atomic E-state index is 12.0. The Hall–Kier alpha value is -2.57. The summed E-state index contributed by atoms with van der Waals surface area (Å²) >= 11 is 0. The van der Waals surface area contributed by atoms with E-state index >= 15 is 0 Å². The van der Waals surface area contributed by atoms with Crippen LogP contribution < -0.4 is 15.5 Å². The molecule has 2 aromatic heterocycles. The van der Waals surface area contributed by atoms with Crippen molar-refractivity contribution in [1.29, 1.82) is 0 Å². The van der Waals surface area contributed by atoms with Crippen molar-refractivity contribution in [3.05, 3.63) is 35.3 Å². The summed E-state index contributed by atoms with van der Waals surface area (Å²) in [6.45, 7) is 6.33. The number of aryl methyl sites for hydroxylation is 2. The van der Waals surface area contributed by atoms with Crippen molar-refractivity contribution in [2.24, 2.45) is 0 Å². The third-order valence-electron chi connectivity index (χ3n) is 4.56. The van der Waals surface area contributed by atoms with Crippen LogP contribution in [0, 0.1) is 13.8 Å². The van der Waals surface area contributed by atoms with E-state index in [9.17, 15) is 4.79 Å². The highest BCUT2D eigenvalue weighted by molar-refractivity contribution is 5.90. The van der Waals surface area contributed by atoms with Gasteiger partial charge < -0.3 is 15.5 Å². The Kier molecular flexibility index (Phi) is 5.53. The molecule has 0 spiro atoms. The highest BCUT2D eigenvalue weighted by atomic mass is 16.2. The molecule has 3 N–H and O–H groups in total. The Morgan fingerprint density at radius 1 is 1.20 bits per heavy atom. The number of hydrogen-bond donors (Lipinski definition) is 3. The van der Waals surface area contributed by atoms with E-state index in [1.165, 1.54) is 25.7 Å². The van der Waals surface area contributed by atoms with Crippen LogP contribution in [0.25, 0.3) is 0 Å². The van der Waals surface area contributed by atoms with Crippen molar-refractivity contribution in [3.8, 4) is 0 Å². The zero-order valence-corrected chi connectivity index (χ0v) is 14.9. The molecule has 2 amide bonds. The maximum Gasteiger partial charge on any atom is 0.319 e. The maximum absolute atomic E-state index is 12.0. The Balaban J connectivity index is 1.52. The average Bonchev–Trinajstić information content (AvgIpc) is 2.85. The van der Waals surface area contributed by atoms with Crippen molar-refractivity contribution >= 4 is 17.5 Å². The van der Waals surface area contributed by atoms with E-state index in [1.54, 1.807) is 0 Å². The van der Waals surface area contributed by atoms with Gasteiger partial charge in [0, 0.05) is 25.8 Å². The smallest absolute Gasteiger partial charge is 0.319 e. The zero-order valence-electron chi connectivity index (χ0n) is 14.9. The standard InChI is InChI=1S/C18H26N6O/c1-13-17(14(2)23-22-13)21-18(25)20-12-15-7-8-16(19-11-15)24-9-5-3-4-6-10-24/h7-8,11H,3-6,9-10,12H2,1-2H3,(H,22,23)(H2,20,21,25). The predicted molar refractivity (Wildman–Crippen MR) is 98.8 cm³/mol. The molecule has 0 aliphatic carbocycles. The van der Waals surface area contributed by atoms with E-state index in [2.05, 4.69) is 30.7 Å². The molecule has 0 aromatic carbocycles. The number of urea groups is 1. The van der Waals surface area contributed by atoms with Gasteiger partial charge in [0.05, 0.1) is 17.1 Å². The van der Waals surface area contributed by atoms with Gasteiger partial charge in [-0.3, -0.25) is 5.10 Å². The number of carbonyl (C=O) groups excluding carboxylic acids is 1. The number of amides is 2. The predicted octanol–water partition coefficient (Wildman–Crippen LogP) is 3.12. The molecule has 3 rings (SSSR count). The second-order valence-corrected chi connectivity index (χ2v) is 6.54. The number of anilines is 2. The first-order valence-corrected chi connectivity index (χ1v) is 8.90. The Labute approximate surface area is 148 Å². The molecular weight excluding hydrogens is 316 g/mol. The average molecular weight is 342 g/mol. The first-order chi connectivity index (χ1) is 12.1. The summed E-state index contributed by atoms with van der Waals surface area (Å²) in [6, 6.07) is 3.83. The molecule has 0 unspecified atom stereocenters. The van der Waals surface area contributed by atoms with E-state index in [-0.39, 0.29) is 6.03 Å². The third-order valence-corrected chi connectivity index (χ3v) is 4.56. The van der Waals surface area contributed by atoms with Crippen LogP contribution in [0.1, 0.15) is 42.6 Å². The summed E-state index contributed by atoms with van der Waals surface area (Å²) in [4.78, 5) is 19.0. The molecule has 0 saturated carbocycles. The second-order valence-electron chi connectivity index (χ2n) is 6.54. The summed E-state index contributed by atoms with van der Waals surface area (Å²) in [6.07, 6.45) is 6.93. The van der Waals surface area contributed by atoms with Crippen molar-refractivity contribution in [1.82, 2.24) is 20.5 Å². The molecule has 134 valence electrons. The van der Waals surface area contributed by atoms with Crippen LogP contribution >= 0.6 is 0 Å². The van der Waals surface area contributed by atoms with Gasteiger partial charge in [0.25, 0.3) is 0 Å². The largest absolute Gasteiger partial charge is 0.357 e. The number of aromatic amines is 1. The molecule has 1 saturated heterocycles. The molecule has 0 atom stereocenters. The lowest BCUT2D eigenvalue weighted by Crippen LogP contribution is -2.29. The fourth-order valence-corrected chi connectivity index (χ4v) is 3.08. The summed E-state index contributed by atoms with van der Waals surface area (Å²) < 4.78 is 0. The number of nitrogens with zero attached hydrogens (tertiary/aromatic N) is 3. The minimum absolute atomic E-state index is 0.246. The molecule has 7 heteroatoms. The number of carbonyl (C=O) groups is 1. The van der Waals surface area contributed by atoms with Gasteiger partial charge in [-0.15, -0.1) is 0 Å². The number of nitrogens with one attached hydrogen (secondary N) is 3. The van der Waals surface area contributed by atoms with Crippen LogP contribution in [0.4, 0.5) is 16.3 Å². The lowest BCUT2D eigenvalue weighted by Gasteiger charge is -2.21. The Morgan fingerprint density at radius 3 is 2.56 bits per heavy atom. The van der Waals surface area contributed by atoms with Crippen LogP contribution in [-0.4, -0.2) is 34.3 Å². The van der Waals surface area contributed by atoms with Gasteiger partial charge in [-0.1, -0.05) is 18.9 Å². The fourth-order valence-electron chi connectivity index (χ4n) is 3.08. The first kappa shape index (κ1) is 17.3. The molecule has 0 bridgehead atoms. The van der Waals surface area contributed by atoms with Crippen molar-refractivity contribution < 1.29 is 4.79 Å². The van der Waals surface area contributed by atoms with Crippen LogP contribution in [0.3, 0.4) is 0 Å². The molecule has 1 aliphatic rings. The molecule has 0 radical (unpaired) electrons. The first-order valence-electron chi connectivity index (χ1n) is 8.90. The van der Waals surface area contributed by atoms with Gasteiger partial charge in [-0.25, -0.2) is 9.78 Å². The third kappa shape index (κ3) is 4.49. The summed E-state index contributed by atoms with van der Waals surface area (Å²) in [7, 11) is 0. The minimum atomic E-state index is -0.246. The number of aromatic nitrogens is 3. The lowest BCUT2D eigenvalue weighted by atomic mass is 10.2. The van der Waals surface area contributed by atoms with E-state index in [1.807, 2.05) is 32.2 Å². The Bertz CT molecular complexity index is 681. The van der Waals surface area contributed by atoms with Gasteiger partial charge in [0.1, 0.15) is 5.82 Å². The number of rotatable bonds is 4. The summed E-state index contributed by atoms with van der Waals surface area (Å²) in [5.41, 5.74) is 3.33. The normalized spacial score (nSPS) is 14.9. The topological polar surface area (TPSA) is 85.9 Å². The summed E-state index contributed by atoms with van der Waals surface area (Å²) in [5.74, 6) is 1.03. The van der Waals surface area contributed by atoms with Crippen molar-refractivity contribution in [3.63, 3.8) is 0 Å². The van der Waals surface area contributed by atoms with E-state index < -0.39 is 0 Å². The monoisotopic (exact) mass is 342 g/mol. The van der Waals surface area contributed by atoms with Crippen molar-refractivity contribution in [2.75, 3.05) is 23.3 Å². The van der Waals surface area contributed by atoms with E-state index in [0.29, 0.717) is 6.54 Å². The fraction of sp³-hybridized carbons (Fsp3) is 0.500. The van der Waals surface area contributed by atoms with Gasteiger partial charge in [0.2, 0.25) is 0 Å². The van der Waals surface area contributed by atoms with Crippen LogP contribution in [0.15, 0.2) is 18.3 Å². The quantitative estimate of drug-likeness (QED) is 0.797. The zero-order chi connectivity index (χ0) is 17.6. The molecule has 3 heterocycles.